The maximum Gasteiger partial charge on any atom is 0.135 e. The van der Waals surface area contributed by atoms with Crippen molar-refractivity contribution in [2.45, 2.75) is 52.4 Å². The summed E-state index contributed by atoms with van der Waals surface area (Å²) in [6.45, 7) is 15.8. The number of benzene rings is 9. The van der Waals surface area contributed by atoms with Gasteiger partial charge in [0.05, 0.1) is 5.69 Å². The van der Waals surface area contributed by atoms with E-state index in [1.165, 1.54) is 11.1 Å². The quantitative estimate of drug-likeness (QED) is 0.141. The molecule has 12 rings (SSSR count). The zero-order valence-corrected chi connectivity index (χ0v) is 44.8. The monoisotopic (exact) mass is 1140 g/mol. The summed E-state index contributed by atoms with van der Waals surface area (Å²) >= 11 is 0. The summed E-state index contributed by atoms with van der Waals surface area (Å²) in [5.74, 6) is 0.804. The second kappa shape index (κ2) is 19.5. The Morgan fingerprint density at radius 2 is 1.05 bits per heavy atom. The Balaban J connectivity index is 0.00000588. The van der Waals surface area contributed by atoms with Crippen molar-refractivity contribution in [3.63, 3.8) is 0 Å². The molecule has 0 saturated carbocycles. The Kier molecular flexibility index (Phi) is 12.7. The zero-order chi connectivity index (χ0) is 49.8. The van der Waals surface area contributed by atoms with E-state index >= 15 is 0 Å². The Morgan fingerprint density at radius 1 is 0.432 bits per heavy atom. The van der Waals surface area contributed by atoms with E-state index < -0.39 is 0 Å². The minimum atomic E-state index is -0.00136. The molecule has 74 heavy (non-hydrogen) atoms. The van der Waals surface area contributed by atoms with Crippen LogP contribution >= 0.6 is 0 Å². The molecule has 5 nitrogen and oxygen atoms in total. The van der Waals surface area contributed by atoms with Crippen LogP contribution in [0.2, 0.25) is 0 Å². The first-order chi connectivity index (χ1) is 35.5. The largest absolute Gasteiger partial charge is 0.493 e. The molecule has 6 heteroatoms. The van der Waals surface area contributed by atoms with Gasteiger partial charge in [0.1, 0.15) is 5.82 Å². The number of fused-ring (bicyclic) bond motifs is 6. The minimum absolute atomic E-state index is 0. The van der Waals surface area contributed by atoms with Crippen molar-refractivity contribution in [1.82, 2.24) is 4.98 Å². The average molecular weight is 1140 g/mol. The summed E-state index contributed by atoms with van der Waals surface area (Å²) < 4.78 is 0. The normalized spacial score (nSPS) is 12.8. The minimum Gasteiger partial charge on any atom is -0.493 e. The molecule has 0 N–H and O–H groups in total. The molecule has 0 bridgehead atoms. The van der Waals surface area contributed by atoms with Crippen LogP contribution in [0, 0.1) is 18.8 Å². The van der Waals surface area contributed by atoms with E-state index in [4.69, 9.17) is 4.98 Å². The van der Waals surface area contributed by atoms with E-state index in [0.29, 0.717) is 0 Å². The second-order valence-electron chi connectivity index (χ2n) is 21.1. The fourth-order valence-corrected chi connectivity index (χ4v) is 10.3. The fourth-order valence-electron chi connectivity index (χ4n) is 10.3. The molecule has 10 aromatic rings. The molecule has 9 aromatic carbocycles. The van der Waals surface area contributed by atoms with Crippen LogP contribution < -0.4 is 19.6 Å². The van der Waals surface area contributed by atoms with E-state index in [2.05, 4.69) is 292 Å². The van der Waals surface area contributed by atoms with E-state index in [1.807, 2.05) is 12.3 Å². The summed E-state index contributed by atoms with van der Waals surface area (Å²) in [5.41, 5.74) is 20.4. The Morgan fingerprint density at radius 3 is 1.76 bits per heavy atom. The van der Waals surface area contributed by atoms with Gasteiger partial charge in [0.15, 0.2) is 0 Å². The van der Waals surface area contributed by atoms with Gasteiger partial charge in [0.25, 0.3) is 0 Å². The molecule has 0 aliphatic carbocycles. The molecule has 0 amide bonds. The number of nitrogens with zero attached hydrogens (tertiary/aromatic N) is 5. The van der Waals surface area contributed by atoms with Gasteiger partial charge < -0.3 is 19.6 Å². The van der Waals surface area contributed by atoms with Crippen molar-refractivity contribution in [3.8, 4) is 44.5 Å². The maximum atomic E-state index is 5.07. The van der Waals surface area contributed by atoms with Gasteiger partial charge in [-0.1, -0.05) is 204 Å². The molecular weight excluding hydrogens is 1080 g/mol. The van der Waals surface area contributed by atoms with E-state index in [1.54, 1.807) is 0 Å². The Hall–Kier alpha value is -7.98. The van der Waals surface area contributed by atoms with Crippen molar-refractivity contribution >= 4 is 57.0 Å². The number of hydrogen-bond donors (Lipinski definition) is 0. The van der Waals surface area contributed by atoms with Gasteiger partial charge in [0.2, 0.25) is 0 Å². The molecule has 1 aromatic heterocycles. The van der Waals surface area contributed by atoms with Crippen LogP contribution in [-0.4, -0.2) is 4.98 Å². The second-order valence-corrected chi connectivity index (χ2v) is 21.1. The third kappa shape index (κ3) is 9.01. The molecule has 0 saturated heterocycles. The summed E-state index contributed by atoms with van der Waals surface area (Å²) in [7, 11) is 0. The first-order valence-corrected chi connectivity index (χ1v) is 25.2. The van der Waals surface area contributed by atoms with Crippen LogP contribution in [0.5, 0.6) is 0 Å². The average Bonchev–Trinajstić information content (AvgIpc) is 3.76. The van der Waals surface area contributed by atoms with Crippen LogP contribution in [0.25, 0.3) is 44.5 Å². The van der Waals surface area contributed by atoms with E-state index in [9.17, 15) is 0 Å². The van der Waals surface area contributed by atoms with Gasteiger partial charge >= 0.3 is 0 Å². The fraction of sp³-hybridized carbons (Fsp3) is 0.118. The predicted molar refractivity (Wildman–Crippen MR) is 305 cm³/mol. The first-order valence-electron chi connectivity index (χ1n) is 25.2. The summed E-state index contributed by atoms with van der Waals surface area (Å²) in [4.78, 5) is 14.3. The third-order valence-electron chi connectivity index (χ3n) is 14.2. The molecule has 0 unspecified atom stereocenters. The third-order valence-corrected chi connectivity index (χ3v) is 14.2. The molecule has 0 fully saturated rings. The van der Waals surface area contributed by atoms with Crippen molar-refractivity contribution in [2.24, 2.45) is 0 Å². The Bertz CT molecular complexity index is 3640. The number of aromatic nitrogens is 1. The van der Waals surface area contributed by atoms with Crippen molar-refractivity contribution in [1.29, 1.82) is 0 Å². The van der Waals surface area contributed by atoms with Gasteiger partial charge in [-0.15, -0.1) is 53.8 Å². The zero-order valence-electron chi connectivity index (χ0n) is 42.5. The van der Waals surface area contributed by atoms with E-state index in [0.717, 1.165) is 102 Å². The molecule has 0 atom stereocenters. The predicted octanol–water partition coefficient (Wildman–Crippen LogP) is 18.6. The summed E-state index contributed by atoms with van der Waals surface area (Å²) in [6, 6.07) is 86.7. The van der Waals surface area contributed by atoms with Crippen LogP contribution in [0.3, 0.4) is 0 Å². The molecular formula is C68H56N5Pt-3. The van der Waals surface area contributed by atoms with E-state index in [-0.39, 0.29) is 31.9 Å². The molecule has 366 valence electrons. The number of hydrogen-bond acceptors (Lipinski definition) is 5. The summed E-state index contributed by atoms with van der Waals surface area (Å²) in [6.07, 6.45) is 1.88. The standard InChI is InChI=1S/C68H56N5.Pt/c1-67(2,3)51-34-31-48(32-35-51)49-33-37-60-58-26-13-14-27-59(58)61-38-36-55(45-65(61)73(64(60)42-49)66-30-17-18-39-69-66)72(53-23-11-8-12-24-53)57-41-50(47-20-9-7-10-21-47)40-56(44-57)71-46-70(62-28-15-16-29-63(62)71)54-25-19-22-52(43-54)68(4,5)6;/h7-43,46H,1-6H3;/q-3;. The molecule has 3 heterocycles. The van der Waals surface area contributed by atoms with Crippen LogP contribution in [0.4, 0.5) is 57.0 Å². The van der Waals surface area contributed by atoms with Gasteiger partial charge in [-0.05, 0) is 98.8 Å². The van der Waals surface area contributed by atoms with Gasteiger partial charge in [-0.25, -0.2) is 4.98 Å². The van der Waals surface area contributed by atoms with Gasteiger partial charge in [-0.3, -0.25) is 0 Å². The number of para-hydroxylation sites is 3. The van der Waals surface area contributed by atoms with Crippen molar-refractivity contribution in [3.05, 3.63) is 255 Å². The van der Waals surface area contributed by atoms with Crippen LogP contribution in [0.15, 0.2) is 225 Å². The van der Waals surface area contributed by atoms with Crippen LogP contribution in [-0.2, 0) is 31.9 Å². The van der Waals surface area contributed by atoms with Crippen molar-refractivity contribution < 1.29 is 21.1 Å². The molecule has 0 radical (unpaired) electrons. The maximum absolute atomic E-state index is 5.07. The number of pyridine rings is 1. The number of anilines is 10. The smallest absolute Gasteiger partial charge is 0.135 e. The number of rotatable bonds is 8. The Labute approximate surface area is 451 Å². The van der Waals surface area contributed by atoms with Crippen LogP contribution in [0.1, 0.15) is 52.7 Å². The molecule has 0 spiro atoms. The SMILES string of the molecule is CC(C)(C)c1ccc(-c2ccc3c(c2)N(c2ccccn2)c2[c-]c(N(c4[c-]c(N5[CH-]N(c6cccc(C(C)(C)C)c6)c6ccccc65)cc(-c5ccccc5)c4)c4ccccc4)ccc2-c2ccccc2-3)cc1.[Pt]. The first kappa shape index (κ1) is 48.3. The topological polar surface area (TPSA) is 25.9 Å². The van der Waals surface area contributed by atoms with Gasteiger partial charge in [-0.2, -0.15) is 6.07 Å². The molecule has 2 aliphatic heterocycles. The summed E-state index contributed by atoms with van der Waals surface area (Å²) in [5, 5.41) is 0. The van der Waals surface area contributed by atoms with Crippen molar-refractivity contribution in [2.75, 3.05) is 19.6 Å². The molecule has 2 aliphatic rings. The van der Waals surface area contributed by atoms with Gasteiger partial charge in [0, 0.05) is 55.6 Å².